The van der Waals surface area contributed by atoms with Crippen molar-refractivity contribution in [3.05, 3.63) is 189 Å². The van der Waals surface area contributed by atoms with Crippen LogP contribution in [0.1, 0.15) is 6.92 Å². The van der Waals surface area contributed by atoms with Crippen LogP contribution in [0.25, 0.3) is 0 Å². The normalized spacial score (nSPS) is 9.93. The quantitative estimate of drug-likeness (QED) is 0.0787. The summed E-state index contributed by atoms with van der Waals surface area (Å²) >= 11 is 0. The Hall–Kier alpha value is -4.15. The molecule has 0 radical (unpaired) electrons. The van der Waals surface area contributed by atoms with Crippen LogP contribution in [0.3, 0.4) is 0 Å². The molecule has 0 atom stereocenters. The highest BCUT2D eigenvalue weighted by atomic mass is 31.1. The van der Waals surface area contributed by atoms with Crippen LogP contribution < -0.4 is 31.8 Å². The molecule has 0 amide bonds. The second-order valence-corrected chi connectivity index (χ2v) is 14.3. The minimum Gasteiger partial charge on any atom is -0.358 e. The lowest BCUT2D eigenvalue weighted by Crippen LogP contribution is -2.20. The van der Waals surface area contributed by atoms with Gasteiger partial charge in [-0.3, -0.25) is 0 Å². The van der Waals surface area contributed by atoms with Gasteiger partial charge in [0.1, 0.15) is 20.3 Å². The van der Waals surface area contributed by atoms with Gasteiger partial charge >= 0.3 is 0 Å². The summed E-state index contributed by atoms with van der Waals surface area (Å²) in [6.07, 6.45) is 2.00. The summed E-state index contributed by atoms with van der Waals surface area (Å²) in [6, 6.07) is 64.7. The van der Waals surface area contributed by atoms with Crippen molar-refractivity contribution in [2.24, 2.45) is 0 Å². The highest BCUT2D eigenvalue weighted by Gasteiger charge is 2.16. The molecule has 6 rings (SSSR count). The van der Waals surface area contributed by atoms with Crippen molar-refractivity contribution in [2.45, 2.75) is 6.92 Å². The molecule has 0 N–H and O–H groups in total. The van der Waals surface area contributed by atoms with Gasteiger partial charge in [-0.25, -0.2) is 4.58 Å². The third-order valence-corrected chi connectivity index (χ3v) is 11.5. The van der Waals surface area contributed by atoms with Crippen LogP contribution >= 0.6 is 15.8 Å². The SMILES string of the molecule is CC=[N+](C)C.[CH3-].c1ccc(P(c2ccccc2)c2ccccc2)cc1.c1ccc(P(c2ccccc2)c2ccccc2)cc1. The third kappa shape index (κ3) is 10.5. The van der Waals surface area contributed by atoms with Crippen molar-refractivity contribution in [1.82, 2.24) is 0 Å². The summed E-state index contributed by atoms with van der Waals surface area (Å²) in [7, 11) is 3.11. The Bertz CT molecular complexity index is 1300. The average molecular weight is 612 g/mol. The van der Waals surface area contributed by atoms with Gasteiger partial charge in [0.05, 0.1) is 0 Å². The molecule has 6 aromatic carbocycles. The maximum Gasteiger partial charge on any atom is 0.136 e. The minimum atomic E-state index is -0.446. The molecule has 0 saturated heterocycles. The zero-order chi connectivity index (χ0) is 30.1. The molecule has 3 heteroatoms. The minimum absolute atomic E-state index is 0. The largest absolute Gasteiger partial charge is 0.358 e. The van der Waals surface area contributed by atoms with Crippen LogP contribution in [0.2, 0.25) is 0 Å². The number of nitrogens with zero attached hydrogens (tertiary/aromatic N) is 1. The Labute approximate surface area is 268 Å². The first-order valence-corrected chi connectivity index (χ1v) is 17.2. The summed E-state index contributed by atoms with van der Waals surface area (Å²) in [5.74, 6) is 0. The van der Waals surface area contributed by atoms with E-state index in [2.05, 4.69) is 182 Å². The van der Waals surface area contributed by atoms with Crippen molar-refractivity contribution in [1.29, 1.82) is 0 Å². The average Bonchev–Trinajstić information content (AvgIpc) is 3.09. The Morgan fingerprint density at radius 2 is 0.477 bits per heavy atom. The Morgan fingerprint density at radius 3 is 0.591 bits per heavy atom. The van der Waals surface area contributed by atoms with E-state index in [4.69, 9.17) is 0 Å². The van der Waals surface area contributed by atoms with E-state index in [9.17, 15) is 0 Å². The van der Waals surface area contributed by atoms with E-state index in [1.165, 1.54) is 31.8 Å². The van der Waals surface area contributed by atoms with E-state index in [0.717, 1.165) is 0 Å². The molecule has 1 nitrogen and oxygen atoms in total. The fourth-order valence-electron chi connectivity index (χ4n) is 4.36. The Balaban J connectivity index is 0.000000205. The number of hydrogen-bond donors (Lipinski definition) is 0. The van der Waals surface area contributed by atoms with Crippen LogP contribution in [-0.4, -0.2) is 24.9 Å². The van der Waals surface area contributed by atoms with E-state index in [0.29, 0.717) is 0 Å². The number of hydrogen-bond acceptors (Lipinski definition) is 0. The summed E-state index contributed by atoms with van der Waals surface area (Å²) in [5, 5.41) is 8.39. The molecule has 0 aromatic heterocycles. The van der Waals surface area contributed by atoms with E-state index in [1.54, 1.807) is 0 Å². The van der Waals surface area contributed by atoms with Gasteiger partial charge in [-0.05, 0) is 47.7 Å². The maximum atomic E-state index is 2.23. The summed E-state index contributed by atoms with van der Waals surface area (Å²) < 4.78 is 2.00. The standard InChI is InChI=1S/2C18H15P.C4H10N.CH3/c2*1-4-10-16(11-5-1)19(17-12-6-2-7-13-17)18-14-8-3-9-15-18;1-4-5(2)3;/h2*1-15H;4H,1-3H3;1H3/q;;+1;-1. The molecule has 0 fully saturated rings. The van der Waals surface area contributed by atoms with Crippen molar-refractivity contribution in [2.75, 3.05) is 14.1 Å². The third-order valence-electron chi connectivity index (χ3n) is 6.60. The van der Waals surface area contributed by atoms with Gasteiger partial charge in [-0.1, -0.05) is 182 Å². The van der Waals surface area contributed by atoms with Crippen LogP contribution in [0.5, 0.6) is 0 Å². The molecule has 0 spiro atoms. The Kier molecular flexibility index (Phi) is 15.0. The first-order chi connectivity index (χ1) is 21.2. The molecule has 0 aliphatic rings. The van der Waals surface area contributed by atoms with Gasteiger partial charge in [0, 0.05) is 6.92 Å². The second kappa shape index (κ2) is 19.2. The molecule has 0 bridgehead atoms. The topological polar surface area (TPSA) is 3.01 Å². The summed E-state index contributed by atoms with van der Waals surface area (Å²) in [4.78, 5) is 0. The van der Waals surface area contributed by atoms with Gasteiger partial charge in [-0.15, -0.1) is 0 Å². The maximum absolute atomic E-state index is 2.23. The molecular formula is C41H43NP2. The molecule has 44 heavy (non-hydrogen) atoms. The Morgan fingerprint density at radius 1 is 0.341 bits per heavy atom. The first kappa shape index (κ1) is 34.3. The predicted molar refractivity (Wildman–Crippen MR) is 201 cm³/mol. The monoisotopic (exact) mass is 611 g/mol. The van der Waals surface area contributed by atoms with E-state index in [1.807, 2.05) is 31.8 Å². The summed E-state index contributed by atoms with van der Waals surface area (Å²) in [6.45, 7) is 2.00. The first-order valence-electron chi connectivity index (χ1n) is 14.5. The van der Waals surface area contributed by atoms with Gasteiger partial charge in [0.2, 0.25) is 0 Å². The molecule has 0 aliphatic carbocycles. The summed E-state index contributed by atoms with van der Waals surface area (Å²) in [5.41, 5.74) is 0. The molecule has 0 aliphatic heterocycles. The highest BCUT2D eigenvalue weighted by Crippen LogP contribution is 2.33. The van der Waals surface area contributed by atoms with Crippen molar-refractivity contribution < 1.29 is 4.58 Å². The fraction of sp³-hybridized carbons (Fsp3) is 0.0732. The van der Waals surface area contributed by atoms with Gasteiger partial charge < -0.3 is 7.43 Å². The van der Waals surface area contributed by atoms with E-state index in [-0.39, 0.29) is 7.43 Å². The molecule has 0 saturated carbocycles. The molecule has 0 heterocycles. The van der Waals surface area contributed by atoms with Crippen LogP contribution in [0.4, 0.5) is 0 Å². The molecule has 0 unspecified atom stereocenters. The molecule has 222 valence electrons. The van der Waals surface area contributed by atoms with E-state index >= 15 is 0 Å². The zero-order valence-electron chi connectivity index (χ0n) is 26.2. The fourth-order valence-corrected chi connectivity index (χ4v) is 8.97. The highest BCUT2D eigenvalue weighted by molar-refractivity contribution is 7.80. The number of rotatable bonds is 6. The zero-order valence-corrected chi connectivity index (χ0v) is 28.0. The lowest BCUT2D eigenvalue weighted by molar-refractivity contribution is -0.459. The smallest absolute Gasteiger partial charge is 0.136 e. The van der Waals surface area contributed by atoms with Crippen LogP contribution in [0, 0.1) is 7.43 Å². The number of benzene rings is 6. The van der Waals surface area contributed by atoms with Crippen LogP contribution in [0.15, 0.2) is 182 Å². The molecule has 6 aromatic rings. The lowest BCUT2D eigenvalue weighted by atomic mass is 10.4. The predicted octanol–water partition coefficient (Wildman–Crippen LogP) is 7.69. The van der Waals surface area contributed by atoms with Gasteiger partial charge in [0.25, 0.3) is 0 Å². The molecular weight excluding hydrogens is 568 g/mol. The van der Waals surface area contributed by atoms with Gasteiger partial charge in [-0.2, -0.15) is 0 Å². The van der Waals surface area contributed by atoms with Crippen LogP contribution in [-0.2, 0) is 0 Å². The van der Waals surface area contributed by atoms with Crippen molar-refractivity contribution in [3.63, 3.8) is 0 Å². The van der Waals surface area contributed by atoms with Crippen molar-refractivity contribution >= 4 is 53.9 Å². The lowest BCUT2D eigenvalue weighted by Gasteiger charge is -2.18. The second-order valence-electron chi connectivity index (χ2n) is 9.91. The van der Waals surface area contributed by atoms with E-state index < -0.39 is 15.8 Å². The van der Waals surface area contributed by atoms with Gasteiger partial charge in [0.15, 0.2) is 0 Å². The van der Waals surface area contributed by atoms with Crippen molar-refractivity contribution in [3.8, 4) is 0 Å².